The van der Waals surface area contributed by atoms with Crippen LogP contribution in [0.1, 0.15) is 58.1 Å². The minimum absolute atomic E-state index is 0.0484. The van der Waals surface area contributed by atoms with E-state index >= 15 is 0 Å². The van der Waals surface area contributed by atoms with E-state index in [2.05, 4.69) is 0 Å². The number of Topliss-reactive ketones (excluding diaryl/α,β-unsaturated/α-hetero) is 1. The number of rotatable bonds is 4. The molecule has 1 aliphatic heterocycles. The minimum atomic E-state index is -4.40. The van der Waals surface area contributed by atoms with Gasteiger partial charge in [0.25, 0.3) is 0 Å². The highest BCUT2D eigenvalue weighted by Crippen LogP contribution is 2.37. The topological polar surface area (TPSA) is 46.6 Å². The summed E-state index contributed by atoms with van der Waals surface area (Å²) in [5, 5.41) is 0. The Bertz CT molecular complexity index is 724. The van der Waals surface area contributed by atoms with Crippen molar-refractivity contribution in [2.45, 2.75) is 65.2 Å². The number of hydrogen-bond acceptors (Lipinski definition) is 3. The number of nitrogens with zero attached hydrogens (tertiary/aromatic N) is 1. The Morgan fingerprint density at radius 2 is 1.89 bits per heavy atom. The van der Waals surface area contributed by atoms with Gasteiger partial charge in [0.15, 0.2) is 0 Å². The number of carbonyl (C=O) groups excluding carboxylic acids is 2. The molecule has 28 heavy (non-hydrogen) atoms. The molecule has 1 fully saturated rings. The summed E-state index contributed by atoms with van der Waals surface area (Å²) in [5.41, 5.74) is -1.56. The number of halogens is 3. The summed E-state index contributed by atoms with van der Waals surface area (Å²) >= 11 is 0. The lowest BCUT2D eigenvalue weighted by molar-refractivity contribution is -0.137. The van der Waals surface area contributed by atoms with Crippen molar-refractivity contribution in [3.05, 3.63) is 35.4 Å². The first-order chi connectivity index (χ1) is 12.8. The fourth-order valence-corrected chi connectivity index (χ4v) is 3.57. The van der Waals surface area contributed by atoms with Gasteiger partial charge in [0.05, 0.1) is 5.56 Å². The number of amides is 1. The smallest absolute Gasteiger partial charge is 0.416 e. The molecule has 1 heterocycles. The van der Waals surface area contributed by atoms with E-state index < -0.39 is 28.8 Å². The van der Waals surface area contributed by atoms with Crippen LogP contribution in [0.15, 0.2) is 24.3 Å². The molecule has 0 N–H and O–H groups in total. The molecular formula is C21H28F3NO3. The number of aryl methyl sites for hydroxylation is 1. The average Bonchev–Trinajstić information content (AvgIpc) is 2.58. The summed E-state index contributed by atoms with van der Waals surface area (Å²) in [4.78, 5) is 26.4. The quantitative estimate of drug-likeness (QED) is 0.695. The van der Waals surface area contributed by atoms with E-state index in [0.717, 1.165) is 12.1 Å². The molecule has 1 aliphatic rings. The van der Waals surface area contributed by atoms with Crippen molar-refractivity contribution in [2.75, 3.05) is 13.1 Å². The van der Waals surface area contributed by atoms with E-state index in [0.29, 0.717) is 37.8 Å². The Hall–Kier alpha value is -2.05. The second-order valence-electron chi connectivity index (χ2n) is 8.54. The lowest BCUT2D eigenvalue weighted by atomic mass is 9.72. The molecule has 7 heteroatoms. The van der Waals surface area contributed by atoms with Gasteiger partial charge in [0.2, 0.25) is 0 Å². The van der Waals surface area contributed by atoms with Crippen LogP contribution in [-0.2, 0) is 22.1 Å². The molecule has 1 atom stereocenters. The van der Waals surface area contributed by atoms with Crippen molar-refractivity contribution in [3.8, 4) is 0 Å². The van der Waals surface area contributed by atoms with Crippen LogP contribution >= 0.6 is 0 Å². The monoisotopic (exact) mass is 399 g/mol. The summed E-state index contributed by atoms with van der Waals surface area (Å²) < 4.78 is 44.2. The number of benzene rings is 1. The zero-order valence-electron chi connectivity index (χ0n) is 16.9. The SMILES string of the molecule is CC(=O)C1(CCc2cccc(C(F)(F)F)c2)CCCN(C(=O)OC(C)(C)C)C1. The van der Waals surface area contributed by atoms with Crippen LogP contribution in [0.25, 0.3) is 0 Å². The van der Waals surface area contributed by atoms with Crippen molar-refractivity contribution in [3.63, 3.8) is 0 Å². The molecule has 0 bridgehead atoms. The summed E-state index contributed by atoms with van der Waals surface area (Å²) in [5.74, 6) is -0.0484. The zero-order chi connectivity index (χ0) is 21.2. The number of alkyl halides is 3. The first-order valence-electron chi connectivity index (χ1n) is 9.48. The fourth-order valence-electron chi connectivity index (χ4n) is 3.57. The Morgan fingerprint density at radius 1 is 1.21 bits per heavy atom. The van der Waals surface area contributed by atoms with Crippen LogP contribution in [0.5, 0.6) is 0 Å². The molecule has 2 rings (SSSR count). The predicted molar refractivity (Wildman–Crippen MR) is 99.9 cm³/mol. The van der Waals surface area contributed by atoms with E-state index in [1.165, 1.54) is 13.0 Å². The third kappa shape index (κ3) is 5.72. The molecular weight excluding hydrogens is 371 g/mol. The first kappa shape index (κ1) is 22.2. The van der Waals surface area contributed by atoms with E-state index in [1.807, 2.05) is 0 Å². The molecule has 0 aromatic heterocycles. The number of likely N-dealkylation sites (tertiary alicyclic amines) is 1. The van der Waals surface area contributed by atoms with Gasteiger partial charge in [-0.3, -0.25) is 4.79 Å². The molecule has 1 saturated heterocycles. The van der Waals surface area contributed by atoms with Crippen LogP contribution in [0.4, 0.5) is 18.0 Å². The molecule has 156 valence electrons. The third-order valence-electron chi connectivity index (χ3n) is 5.12. The van der Waals surface area contributed by atoms with Crippen LogP contribution < -0.4 is 0 Å². The van der Waals surface area contributed by atoms with E-state index in [4.69, 9.17) is 4.74 Å². The van der Waals surface area contributed by atoms with Gasteiger partial charge in [-0.2, -0.15) is 13.2 Å². The normalized spacial score (nSPS) is 20.8. The van der Waals surface area contributed by atoms with Crippen molar-refractivity contribution in [1.82, 2.24) is 4.90 Å². The fraction of sp³-hybridized carbons (Fsp3) is 0.619. The molecule has 4 nitrogen and oxygen atoms in total. The molecule has 0 aliphatic carbocycles. The summed E-state index contributed by atoms with van der Waals surface area (Å²) in [6.45, 7) is 7.57. The summed E-state index contributed by atoms with van der Waals surface area (Å²) in [6.07, 6.45) is -2.86. The van der Waals surface area contributed by atoms with Gasteiger partial charge >= 0.3 is 12.3 Å². The van der Waals surface area contributed by atoms with Gasteiger partial charge in [-0.05, 0) is 65.0 Å². The summed E-state index contributed by atoms with van der Waals surface area (Å²) in [7, 11) is 0. The van der Waals surface area contributed by atoms with Crippen molar-refractivity contribution in [2.24, 2.45) is 5.41 Å². The van der Waals surface area contributed by atoms with Crippen LogP contribution in [0, 0.1) is 5.41 Å². The van der Waals surface area contributed by atoms with E-state index in [1.54, 1.807) is 31.7 Å². The van der Waals surface area contributed by atoms with Gasteiger partial charge in [-0.25, -0.2) is 4.79 Å². The molecule has 0 saturated carbocycles. The van der Waals surface area contributed by atoms with Gasteiger partial charge < -0.3 is 9.64 Å². The Kier molecular flexibility index (Phi) is 6.46. The van der Waals surface area contributed by atoms with Gasteiger partial charge in [-0.15, -0.1) is 0 Å². The number of carbonyl (C=O) groups is 2. The van der Waals surface area contributed by atoms with Gasteiger partial charge in [0.1, 0.15) is 11.4 Å². The summed E-state index contributed by atoms with van der Waals surface area (Å²) in [6, 6.07) is 5.18. The lowest BCUT2D eigenvalue weighted by Gasteiger charge is -2.41. The molecule has 0 radical (unpaired) electrons. The maximum absolute atomic E-state index is 12.9. The maximum atomic E-state index is 12.9. The molecule has 1 amide bonds. The molecule has 1 unspecified atom stereocenters. The zero-order valence-corrected chi connectivity index (χ0v) is 16.9. The van der Waals surface area contributed by atoms with Crippen LogP contribution in [0.3, 0.4) is 0 Å². The first-order valence-corrected chi connectivity index (χ1v) is 9.48. The Morgan fingerprint density at radius 3 is 2.46 bits per heavy atom. The highest BCUT2D eigenvalue weighted by molar-refractivity contribution is 5.83. The maximum Gasteiger partial charge on any atom is 0.416 e. The van der Waals surface area contributed by atoms with Crippen molar-refractivity contribution < 1.29 is 27.5 Å². The van der Waals surface area contributed by atoms with E-state index in [-0.39, 0.29) is 12.3 Å². The number of ether oxygens (including phenoxy) is 1. The number of piperidine rings is 1. The largest absolute Gasteiger partial charge is 0.444 e. The van der Waals surface area contributed by atoms with Gasteiger partial charge in [0, 0.05) is 18.5 Å². The second-order valence-corrected chi connectivity index (χ2v) is 8.54. The van der Waals surface area contributed by atoms with E-state index in [9.17, 15) is 22.8 Å². The van der Waals surface area contributed by atoms with Crippen molar-refractivity contribution in [1.29, 1.82) is 0 Å². The predicted octanol–water partition coefficient (Wildman–Crippen LogP) is 5.24. The highest BCUT2D eigenvalue weighted by Gasteiger charge is 2.41. The second kappa shape index (κ2) is 8.13. The van der Waals surface area contributed by atoms with Crippen LogP contribution in [0.2, 0.25) is 0 Å². The van der Waals surface area contributed by atoms with Crippen molar-refractivity contribution >= 4 is 11.9 Å². The Labute approximate surface area is 164 Å². The minimum Gasteiger partial charge on any atom is -0.444 e. The standard InChI is InChI=1S/C21H28F3NO3/c1-15(26)20(10-6-12-25(14-20)18(27)28-19(2,3)4)11-9-16-7-5-8-17(13-16)21(22,23)24/h5,7-8,13H,6,9-12,14H2,1-4H3. The van der Waals surface area contributed by atoms with Crippen LogP contribution in [-0.4, -0.2) is 35.5 Å². The number of hydrogen-bond donors (Lipinski definition) is 0. The number of ketones is 1. The average molecular weight is 399 g/mol. The molecule has 1 aromatic rings. The highest BCUT2D eigenvalue weighted by atomic mass is 19.4. The third-order valence-corrected chi connectivity index (χ3v) is 5.12. The van der Waals surface area contributed by atoms with Gasteiger partial charge in [-0.1, -0.05) is 18.2 Å². The molecule has 0 spiro atoms. The molecule has 1 aromatic carbocycles. The lowest BCUT2D eigenvalue weighted by Crippen LogP contribution is -2.50. The Balaban J connectivity index is 2.14.